The normalized spacial score (nSPS) is 9.44. The number of fused-ring (bicyclic) bond motifs is 1. The molecule has 0 saturated carbocycles. The van der Waals surface area contributed by atoms with Gasteiger partial charge in [-0.2, -0.15) is 0 Å². The lowest BCUT2D eigenvalue weighted by Gasteiger charge is -2.05. The quantitative estimate of drug-likeness (QED) is 0.755. The van der Waals surface area contributed by atoms with Crippen LogP contribution in [0, 0.1) is 6.92 Å². The van der Waals surface area contributed by atoms with Crippen molar-refractivity contribution in [3.63, 3.8) is 0 Å². The first kappa shape index (κ1) is 12.7. The van der Waals surface area contributed by atoms with Crippen molar-refractivity contribution in [2.75, 3.05) is 0 Å². The smallest absolute Gasteiger partial charge is 0.104 e. The average molecular weight is 231 g/mol. The Kier molecular flexibility index (Phi) is 4.44. The van der Waals surface area contributed by atoms with Crippen LogP contribution in [-0.2, 0) is 0 Å². The molecule has 1 nitrogen and oxygen atoms in total. The molecule has 0 saturated heterocycles. The Morgan fingerprint density at radius 2 is 1.75 bits per heavy atom. The maximum absolute atomic E-state index is 5.61. The summed E-state index contributed by atoms with van der Waals surface area (Å²) >= 11 is 4.96. The van der Waals surface area contributed by atoms with Gasteiger partial charge >= 0.3 is 0 Å². The first-order chi connectivity index (χ1) is 7.68. The fraction of sp³-hybridized carbons (Fsp3) is 0.214. The van der Waals surface area contributed by atoms with E-state index in [0.717, 1.165) is 5.56 Å². The Hall–Kier alpha value is -1.41. The summed E-state index contributed by atoms with van der Waals surface area (Å²) in [5.74, 6) is 0. The van der Waals surface area contributed by atoms with Gasteiger partial charge in [-0.15, -0.1) is 0 Å². The second-order valence-electron chi connectivity index (χ2n) is 3.38. The monoisotopic (exact) mass is 231 g/mol. The minimum atomic E-state index is 0.457. The van der Waals surface area contributed by atoms with Gasteiger partial charge < -0.3 is 5.73 Å². The van der Waals surface area contributed by atoms with Crippen LogP contribution in [0.25, 0.3) is 10.8 Å². The standard InChI is InChI=1S/C12H11NS.C2H6/c1-8-6-10(12(13)14)7-9-4-2-3-5-11(8)9;1-2/h2-7H,1H3,(H2,13,14);1-2H3. The highest BCUT2D eigenvalue weighted by Crippen LogP contribution is 2.20. The molecule has 0 radical (unpaired) electrons. The predicted octanol–water partition coefficient (Wildman–Crippen LogP) is 3.81. The third-order valence-corrected chi connectivity index (χ3v) is 2.59. The molecule has 0 aliphatic carbocycles. The molecule has 16 heavy (non-hydrogen) atoms. The molecule has 0 heterocycles. The van der Waals surface area contributed by atoms with Crippen molar-refractivity contribution < 1.29 is 0 Å². The molecule has 2 N–H and O–H groups in total. The van der Waals surface area contributed by atoms with Crippen molar-refractivity contribution in [1.82, 2.24) is 0 Å². The summed E-state index contributed by atoms with van der Waals surface area (Å²) in [5.41, 5.74) is 7.76. The van der Waals surface area contributed by atoms with Gasteiger partial charge in [0.1, 0.15) is 4.99 Å². The van der Waals surface area contributed by atoms with Crippen LogP contribution in [0.3, 0.4) is 0 Å². The van der Waals surface area contributed by atoms with Gasteiger partial charge in [0.15, 0.2) is 0 Å². The van der Waals surface area contributed by atoms with E-state index in [4.69, 9.17) is 18.0 Å². The van der Waals surface area contributed by atoms with Gasteiger partial charge in [-0.25, -0.2) is 0 Å². The van der Waals surface area contributed by atoms with Gasteiger partial charge in [-0.1, -0.05) is 50.3 Å². The summed E-state index contributed by atoms with van der Waals surface area (Å²) in [6, 6.07) is 12.3. The van der Waals surface area contributed by atoms with Crippen molar-refractivity contribution in [2.45, 2.75) is 20.8 Å². The Bertz CT molecular complexity index is 503. The van der Waals surface area contributed by atoms with E-state index in [1.54, 1.807) is 0 Å². The third kappa shape index (κ3) is 2.58. The molecule has 2 heteroatoms. The van der Waals surface area contributed by atoms with Crippen LogP contribution in [0.15, 0.2) is 36.4 Å². The van der Waals surface area contributed by atoms with E-state index in [9.17, 15) is 0 Å². The molecule has 0 amide bonds. The summed E-state index contributed by atoms with van der Waals surface area (Å²) in [6.07, 6.45) is 0. The summed E-state index contributed by atoms with van der Waals surface area (Å²) in [5, 5.41) is 2.45. The number of benzene rings is 2. The van der Waals surface area contributed by atoms with Crippen molar-refractivity contribution in [2.24, 2.45) is 5.73 Å². The molecular weight excluding hydrogens is 214 g/mol. The minimum Gasteiger partial charge on any atom is -0.389 e. The molecule has 2 aromatic rings. The van der Waals surface area contributed by atoms with E-state index in [1.165, 1.54) is 16.3 Å². The number of hydrogen-bond donors (Lipinski definition) is 1. The molecule has 0 bridgehead atoms. The highest BCUT2D eigenvalue weighted by atomic mass is 32.1. The molecular formula is C14H17NS. The van der Waals surface area contributed by atoms with E-state index in [0.29, 0.717) is 4.99 Å². The van der Waals surface area contributed by atoms with Crippen molar-refractivity contribution in [3.05, 3.63) is 47.5 Å². The summed E-state index contributed by atoms with van der Waals surface area (Å²) in [4.78, 5) is 0.457. The molecule has 0 unspecified atom stereocenters. The van der Waals surface area contributed by atoms with Crippen molar-refractivity contribution >= 4 is 28.0 Å². The molecule has 0 fully saturated rings. The van der Waals surface area contributed by atoms with Crippen LogP contribution in [0.5, 0.6) is 0 Å². The first-order valence-corrected chi connectivity index (χ1v) is 5.88. The van der Waals surface area contributed by atoms with Gasteiger partial charge in [0, 0.05) is 5.56 Å². The van der Waals surface area contributed by atoms with Crippen LogP contribution < -0.4 is 5.73 Å². The highest BCUT2D eigenvalue weighted by molar-refractivity contribution is 7.80. The number of thiocarbonyl (C=S) groups is 1. The van der Waals surface area contributed by atoms with Crippen LogP contribution in [0.2, 0.25) is 0 Å². The Labute approximate surface area is 102 Å². The minimum absolute atomic E-state index is 0.457. The van der Waals surface area contributed by atoms with E-state index in [-0.39, 0.29) is 0 Å². The zero-order chi connectivity index (χ0) is 12.1. The molecule has 0 atom stereocenters. The molecule has 2 rings (SSSR count). The van der Waals surface area contributed by atoms with Crippen molar-refractivity contribution in [3.8, 4) is 0 Å². The van der Waals surface area contributed by atoms with E-state index < -0.39 is 0 Å². The average Bonchev–Trinajstić information content (AvgIpc) is 2.31. The van der Waals surface area contributed by atoms with Crippen LogP contribution in [-0.4, -0.2) is 4.99 Å². The maximum atomic E-state index is 5.61. The summed E-state index contributed by atoms with van der Waals surface area (Å²) in [6.45, 7) is 6.07. The fourth-order valence-electron chi connectivity index (χ4n) is 1.64. The second-order valence-corrected chi connectivity index (χ2v) is 3.82. The SMILES string of the molecule is CC.Cc1cc(C(N)=S)cc2ccccc12. The molecule has 84 valence electrons. The lowest BCUT2D eigenvalue weighted by molar-refractivity contribution is 1.50. The van der Waals surface area contributed by atoms with Gasteiger partial charge in [0.05, 0.1) is 0 Å². The second kappa shape index (κ2) is 5.61. The van der Waals surface area contributed by atoms with Gasteiger partial charge in [-0.3, -0.25) is 0 Å². The molecule has 0 spiro atoms. The topological polar surface area (TPSA) is 26.0 Å². The lowest BCUT2D eigenvalue weighted by Crippen LogP contribution is -2.09. The molecule has 0 aliphatic rings. The van der Waals surface area contributed by atoms with Gasteiger partial charge in [0.25, 0.3) is 0 Å². The van der Waals surface area contributed by atoms with E-state index >= 15 is 0 Å². The predicted molar refractivity (Wildman–Crippen MR) is 75.9 cm³/mol. The largest absolute Gasteiger partial charge is 0.389 e. The molecule has 0 aromatic heterocycles. The molecule has 2 aromatic carbocycles. The maximum Gasteiger partial charge on any atom is 0.104 e. The van der Waals surface area contributed by atoms with Crippen LogP contribution in [0.1, 0.15) is 25.0 Å². The Balaban J connectivity index is 0.000000606. The summed E-state index contributed by atoms with van der Waals surface area (Å²) < 4.78 is 0. The lowest BCUT2D eigenvalue weighted by atomic mass is 10.0. The zero-order valence-corrected chi connectivity index (χ0v) is 10.8. The van der Waals surface area contributed by atoms with Gasteiger partial charge in [-0.05, 0) is 35.4 Å². The fourth-order valence-corrected chi connectivity index (χ4v) is 1.76. The first-order valence-electron chi connectivity index (χ1n) is 5.47. The van der Waals surface area contributed by atoms with Crippen molar-refractivity contribution in [1.29, 1.82) is 0 Å². The molecule has 0 aliphatic heterocycles. The Morgan fingerprint density at radius 1 is 1.12 bits per heavy atom. The Morgan fingerprint density at radius 3 is 2.38 bits per heavy atom. The van der Waals surface area contributed by atoms with E-state index in [2.05, 4.69) is 19.1 Å². The number of nitrogens with two attached hydrogens (primary N) is 1. The number of aryl methyl sites for hydroxylation is 1. The van der Waals surface area contributed by atoms with E-state index in [1.807, 2.05) is 38.1 Å². The highest BCUT2D eigenvalue weighted by Gasteiger charge is 2.01. The van der Waals surface area contributed by atoms with Crippen LogP contribution in [0.4, 0.5) is 0 Å². The van der Waals surface area contributed by atoms with Crippen LogP contribution >= 0.6 is 12.2 Å². The number of hydrogen-bond acceptors (Lipinski definition) is 1. The zero-order valence-electron chi connectivity index (χ0n) is 9.95. The van der Waals surface area contributed by atoms with Gasteiger partial charge in [0.2, 0.25) is 0 Å². The number of rotatable bonds is 1. The third-order valence-electron chi connectivity index (χ3n) is 2.35. The summed E-state index contributed by atoms with van der Waals surface area (Å²) in [7, 11) is 0.